The minimum absolute atomic E-state index is 0.0271. The van der Waals surface area contributed by atoms with Crippen LogP contribution in [-0.4, -0.2) is 24.0 Å². The van der Waals surface area contributed by atoms with Crippen LogP contribution in [0.4, 0.5) is 5.69 Å². The van der Waals surface area contributed by atoms with Gasteiger partial charge in [-0.05, 0) is 25.0 Å². The molecular weight excluding hydrogens is 242 g/mol. The summed E-state index contributed by atoms with van der Waals surface area (Å²) in [6, 6.07) is 3.50. The number of nitrogens with one attached hydrogen (secondary N) is 1. The van der Waals surface area contributed by atoms with Gasteiger partial charge >= 0.3 is 0 Å². The monoisotopic (exact) mass is 263 g/mol. The second-order valence-electron chi connectivity index (χ2n) is 4.96. The van der Waals surface area contributed by atoms with Crippen molar-refractivity contribution in [2.45, 2.75) is 38.1 Å². The lowest BCUT2D eigenvalue weighted by Crippen LogP contribution is -2.37. The standard InChI is InChI=1S/C14H21N3O2/c1-19-14-12(8-5-9-16-14)17-13(18)10-6-3-2-4-7-11(10)15/h5,8-11H,2-4,6-7,15H2,1H3,(H,17,18). The normalized spacial score (nSPS) is 23.5. The maximum absolute atomic E-state index is 12.3. The summed E-state index contributed by atoms with van der Waals surface area (Å²) in [5, 5.41) is 2.88. The van der Waals surface area contributed by atoms with Crippen LogP contribution in [0, 0.1) is 5.92 Å². The van der Waals surface area contributed by atoms with Crippen LogP contribution in [0.2, 0.25) is 0 Å². The van der Waals surface area contributed by atoms with Crippen molar-refractivity contribution < 1.29 is 9.53 Å². The minimum Gasteiger partial charge on any atom is -0.480 e. The molecular formula is C14H21N3O2. The molecule has 1 aromatic rings. The highest BCUT2D eigenvalue weighted by Crippen LogP contribution is 2.26. The Hall–Kier alpha value is -1.62. The first-order chi connectivity index (χ1) is 9.22. The molecule has 0 spiro atoms. The highest BCUT2D eigenvalue weighted by molar-refractivity contribution is 5.94. The molecule has 1 fully saturated rings. The molecule has 5 nitrogen and oxygen atoms in total. The van der Waals surface area contributed by atoms with E-state index in [0.29, 0.717) is 11.6 Å². The average molecular weight is 263 g/mol. The molecule has 1 heterocycles. The number of amides is 1. The second-order valence-corrected chi connectivity index (χ2v) is 4.96. The summed E-state index contributed by atoms with van der Waals surface area (Å²) in [7, 11) is 1.54. The Balaban J connectivity index is 2.07. The SMILES string of the molecule is COc1ncccc1NC(=O)C1CCCCCC1N. The molecule has 104 valence electrons. The third-order valence-electron chi connectivity index (χ3n) is 3.63. The lowest BCUT2D eigenvalue weighted by atomic mass is 9.94. The molecule has 2 atom stereocenters. The number of rotatable bonds is 3. The largest absolute Gasteiger partial charge is 0.480 e. The first kappa shape index (κ1) is 13.8. The smallest absolute Gasteiger partial charge is 0.237 e. The van der Waals surface area contributed by atoms with E-state index in [9.17, 15) is 4.79 Å². The third kappa shape index (κ3) is 3.44. The van der Waals surface area contributed by atoms with Gasteiger partial charge in [-0.2, -0.15) is 0 Å². The summed E-state index contributed by atoms with van der Waals surface area (Å²) in [4.78, 5) is 16.4. The Morgan fingerprint density at radius 1 is 1.42 bits per heavy atom. The molecule has 1 amide bonds. The zero-order chi connectivity index (χ0) is 13.7. The lowest BCUT2D eigenvalue weighted by Gasteiger charge is -2.20. The van der Waals surface area contributed by atoms with Crippen LogP contribution in [0.25, 0.3) is 0 Å². The first-order valence-electron chi connectivity index (χ1n) is 6.78. The summed E-state index contributed by atoms with van der Waals surface area (Å²) in [5.41, 5.74) is 6.70. The first-order valence-corrected chi connectivity index (χ1v) is 6.78. The molecule has 1 aliphatic rings. The summed E-state index contributed by atoms with van der Waals surface area (Å²) in [6.45, 7) is 0. The van der Waals surface area contributed by atoms with Gasteiger partial charge in [0, 0.05) is 12.2 Å². The summed E-state index contributed by atoms with van der Waals surface area (Å²) in [5.74, 6) is 0.283. The fraction of sp³-hybridized carbons (Fsp3) is 0.571. The van der Waals surface area contributed by atoms with E-state index in [4.69, 9.17) is 10.5 Å². The van der Waals surface area contributed by atoms with Crippen molar-refractivity contribution in [2.75, 3.05) is 12.4 Å². The van der Waals surface area contributed by atoms with Crippen LogP contribution in [0.15, 0.2) is 18.3 Å². The second kappa shape index (κ2) is 6.52. The van der Waals surface area contributed by atoms with Crippen molar-refractivity contribution in [3.05, 3.63) is 18.3 Å². The van der Waals surface area contributed by atoms with Gasteiger partial charge in [-0.25, -0.2) is 4.98 Å². The number of methoxy groups -OCH3 is 1. The van der Waals surface area contributed by atoms with Gasteiger partial charge in [-0.1, -0.05) is 19.3 Å². The van der Waals surface area contributed by atoms with Crippen LogP contribution >= 0.6 is 0 Å². The number of hydrogen-bond donors (Lipinski definition) is 2. The predicted octanol–water partition coefficient (Wildman–Crippen LogP) is 1.94. The Morgan fingerprint density at radius 2 is 2.21 bits per heavy atom. The van der Waals surface area contributed by atoms with Gasteiger partial charge in [0.05, 0.1) is 13.0 Å². The average Bonchev–Trinajstić information content (AvgIpc) is 2.64. The van der Waals surface area contributed by atoms with E-state index in [1.807, 2.05) is 0 Å². The fourth-order valence-corrected chi connectivity index (χ4v) is 2.54. The minimum atomic E-state index is -0.118. The van der Waals surface area contributed by atoms with E-state index in [2.05, 4.69) is 10.3 Å². The fourth-order valence-electron chi connectivity index (χ4n) is 2.54. The van der Waals surface area contributed by atoms with Gasteiger partial charge in [0.25, 0.3) is 0 Å². The summed E-state index contributed by atoms with van der Waals surface area (Å²) < 4.78 is 5.13. The topological polar surface area (TPSA) is 77.2 Å². The van der Waals surface area contributed by atoms with Crippen LogP contribution in [0.3, 0.4) is 0 Å². The Kier molecular flexibility index (Phi) is 4.74. The molecule has 5 heteroatoms. The van der Waals surface area contributed by atoms with Crippen molar-refractivity contribution in [3.63, 3.8) is 0 Å². The van der Waals surface area contributed by atoms with Crippen LogP contribution in [-0.2, 0) is 4.79 Å². The number of aromatic nitrogens is 1. The number of pyridine rings is 1. The van der Waals surface area contributed by atoms with Crippen molar-refractivity contribution >= 4 is 11.6 Å². The van der Waals surface area contributed by atoms with Gasteiger partial charge in [-0.15, -0.1) is 0 Å². The van der Waals surface area contributed by atoms with E-state index >= 15 is 0 Å². The van der Waals surface area contributed by atoms with E-state index < -0.39 is 0 Å². The van der Waals surface area contributed by atoms with Crippen LogP contribution in [0.1, 0.15) is 32.1 Å². The quantitative estimate of drug-likeness (QED) is 0.817. The molecule has 0 aromatic carbocycles. The summed E-state index contributed by atoms with van der Waals surface area (Å²) in [6.07, 6.45) is 6.74. The van der Waals surface area contributed by atoms with Gasteiger partial charge in [0.15, 0.2) is 0 Å². The third-order valence-corrected chi connectivity index (χ3v) is 3.63. The van der Waals surface area contributed by atoms with Gasteiger partial charge in [-0.3, -0.25) is 4.79 Å². The Bertz CT molecular complexity index is 436. The van der Waals surface area contributed by atoms with E-state index in [0.717, 1.165) is 32.1 Å². The maximum Gasteiger partial charge on any atom is 0.237 e. The molecule has 2 unspecified atom stereocenters. The Morgan fingerprint density at radius 3 is 3.00 bits per heavy atom. The van der Waals surface area contributed by atoms with Crippen molar-refractivity contribution in [2.24, 2.45) is 11.7 Å². The van der Waals surface area contributed by atoms with E-state index in [1.165, 1.54) is 7.11 Å². The van der Waals surface area contributed by atoms with Gasteiger partial charge in [0.2, 0.25) is 11.8 Å². The van der Waals surface area contributed by atoms with Crippen molar-refractivity contribution in [3.8, 4) is 5.88 Å². The predicted molar refractivity (Wildman–Crippen MR) is 74.0 cm³/mol. The molecule has 19 heavy (non-hydrogen) atoms. The molecule has 0 aliphatic heterocycles. The number of ether oxygens (including phenoxy) is 1. The highest BCUT2D eigenvalue weighted by atomic mass is 16.5. The Labute approximate surface area is 113 Å². The maximum atomic E-state index is 12.3. The van der Waals surface area contributed by atoms with Crippen LogP contribution < -0.4 is 15.8 Å². The van der Waals surface area contributed by atoms with Gasteiger partial charge < -0.3 is 15.8 Å². The number of carbonyl (C=O) groups is 1. The molecule has 1 aliphatic carbocycles. The molecule has 0 radical (unpaired) electrons. The molecule has 1 saturated carbocycles. The molecule has 1 aromatic heterocycles. The van der Waals surface area contributed by atoms with Crippen LogP contribution in [0.5, 0.6) is 5.88 Å². The van der Waals surface area contributed by atoms with Crippen molar-refractivity contribution in [1.29, 1.82) is 0 Å². The zero-order valence-electron chi connectivity index (χ0n) is 11.3. The molecule has 0 bridgehead atoms. The van der Waals surface area contributed by atoms with Crippen molar-refractivity contribution in [1.82, 2.24) is 4.98 Å². The van der Waals surface area contributed by atoms with E-state index in [-0.39, 0.29) is 17.9 Å². The van der Waals surface area contributed by atoms with E-state index in [1.54, 1.807) is 18.3 Å². The zero-order valence-corrected chi connectivity index (χ0v) is 11.3. The lowest BCUT2D eigenvalue weighted by molar-refractivity contribution is -0.120. The highest BCUT2D eigenvalue weighted by Gasteiger charge is 2.27. The molecule has 2 rings (SSSR count). The number of anilines is 1. The number of carbonyl (C=O) groups excluding carboxylic acids is 1. The van der Waals surface area contributed by atoms with Gasteiger partial charge in [0.1, 0.15) is 5.69 Å². The molecule has 3 N–H and O–H groups in total. The number of nitrogens with two attached hydrogens (primary N) is 1. The summed E-state index contributed by atoms with van der Waals surface area (Å²) >= 11 is 0. The number of hydrogen-bond acceptors (Lipinski definition) is 4. The molecule has 0 saturated heterocycles. The number of nitrogens with zero attached hydrogens (tertiary/aromatic N) is 1.